The number of anilines is 1. The maximum atomic E-state index is 13.7. The van der Waals surface area contributed by atoms with E-state index in [9.17, 15) is 9.18 Å². The van der Waals surface area contributed by atoms with Crippen LogP contribution >= 0.6 is 0 Å². The van der Waals surface area contributed by atoms with Crippen molar-refractivity contribution in [1.29, 1.82) is 0 Å². The zero-order chi connectivity index (χ0) is 22.9. The van der Waals surface area contributed by atoms with Gasteiger partial charge < -0.3 is 14.8 Å². The van der Waals surface area contributed by atoms with Crippen LogP contribution in [0.3, 0.4) is 0 Å². The number of nitrogens with one attached hydrogen (secondary N) is 1. The lowest BCUT2D eigenvalue weighted by Crippen LogP contribution is -2.29. The lowest BCUT2D eigenvalue weighted by molar-refractivity contribution is -0.140. The number of halogens is 1. The van der Waals surface area contributed by atoms with Crippen molar-refractivity contribution in [3.05, 3.63) is 101 Å². The minimum atomic E-state index is -0.516. The van der Waals surface area contributed by atoms with E-state index in [0.29, 0.717) is 17.2 Å². The Bertz CT molecular complexity index is 1360. The molecule has 0 bridgehead atoms. The molecule has 1 aromatic heterocycles. The number of para-hydroxylation sites is 2. The van der Waals surface area contributed by atoms with Crippen LogP contribution in [0, 0.1) is 5.82 Å². The Morgan fingerprint density at radius 2 is 1.79 bits per heavy atom. The quantitative estimate of drug-likeness (QED) is 0.429. The predicted octanol–water partition coefficient (Wildman–Crippen LogP) is 5.22. The molecule has 0 amide bonds. The lowest BCUT2D eigenvalue weighted by atomic mass is 9.95. The van der Waals surface area contributed by atoms with E-state index in [1.54, 1.807) is 19.2 Å². The summed E-state index contributed by atoms with van der Waals surface area (Å²) in [6.45, 7) is 1.94. The van der Waals surface area contributed by atoms with E-state index in [2.05, 4.69) is 10.3 Å². The zero-order valence-corrected chi connectivity index (χ0v) is 18.2. The summed E-state index contributed by atoms with van der Waals surface area (Å²) < 4.78 is 26.5. The number of carbonyl (C=O) groups is 1. The fourth-order valence-corrected chi connectivity index (χ4v) is 4.14. The number of rotatable bonds is 5. The number of benzene rings is 3. The number of fused-ring (bicyclic) bond motifs is 3. The van der Waals surface area contributed by atoms with E-state index < -0.39 is 12.0 Å². The fraction of sp³-hybridized carbons (Fsp3) is 0.154. The van der Waals surface area contributed by atoms with Gasteiger partial charge in [0, 0.05) is 5.70 Å². The van der Waals surface area contributed by atoms with Crippen LogP contribution < -0.4 is 10.1 Å². The van der Waals surface area contributed by atoms with E-state index in [-0.39, 0.29) is 12.4 Å². The molecule has 5 rings (SSSR count). The molecule has 1 aliphatic heterocycles. The maximum absolute atomic E-state index is 13.7. The normalized spacial score (nSPS) is 15.2. The number of esters is 1. The van der Waals surface area contributed by atoms with E-state index in [1.807, 2.05) is 60.0 Å². The Morgan fingerprint density at radius 3 is 2.52 bits per heavy atom. The molecule has 0 aliphatic carbocycles. The summed E-state index contributed by atoms with van der Waals surface area (Å²) in [6.07, 6.45) is 0. The van der Waals surface area contributed by atoms with Gasteiger partial charge in [0.1, 0.15) is 18.2 Å². The van der Waals surface area contributed by atoms with Crippen LogP contribution in [0.15, 0.2) is 84.1 Å². The monoisotopic (exact) mass is 443 g/mol. The van der Waals surface area contributed by atoms with Gasteiger partial charge in [-0.15, -0.1) is 0 Å². The molecule has 1 aliphatic rings. The fourth-order valence-electron chi connectivity index (χ4n) is 4.14. The molecule has 7 heteroatoms. The number of methoxy groups -OCH3 is 1. The maximum Gasteiger partial charge on any atom is 0.338 e. The third-order valence-corrected chi connectivity index (χ3v) is 5.77. The summed E-state index contributed by atoms with van der Waals surface area (Å²) in [4.78, 5) is 18.1. The van der Waals surface area contributed by atoms with E-state index in [4.69, 9.17) is 9.47 Å². The highest BCUT2D eigenvalue weighted by molar-refractivity contribution is 5.94. The van der Waals surface area contributed by atoms with Crippen LogP contribution in [0.25, 0.3) is 11.0 Å². The van der Waals surface area contributed by atoms with Gasteiger partial charge in [0.05, 0.1) is 29.8 Å². The molecule has 0 spiro atoms. The number of aromatic nitrogens is 2. The van der Waals surface area contributed by atoms with Gasteiger partial charge >= 0.3 is 5.97 Å². The average Bonchev–Trinajstić information content (AvgIpc) is 3.20. The van der Waals surface area contributed by atoms with Gasteiger partial charge in [-0.1, -0.05) is 36.4 Å². The van der Waals surface area contributed by atoms with Crippen LogP contribution in [0.4, 0.5) is 10.3 Å². The Morgan fingerprint density at radius 1 is 1.06 bits per heavy atom. The molecule has 1 atom stereocenters. The molecular formula is C26H22FN3O3. The molecule has 33 heavy (non-hydrogen) atoms. The molecule has 166 valence electrons. The number of hydrogen-bond acceptors (Lipinski definition) is 5. The van der Waals surface area contributed by atoms with Crippen molar-refractivity contribution < 1.29 is 18.7 Å². The highest BCUT2D eigenvalue weighted by Crippen LogP contribution is 2.39. The number of nitrogens with zero attached hydrogens (tertiary/aromatic N) is 2. The minimum absolute atomic E-state index is 0.118. The SMILES string of the molecule is COc1ccc(COC(=O)C2=C(C)Nc3nc4ccccc4n3C2c2ccc(F)cc2)cc1. The summed E-state index contributed by atoms with van der Waals surface area (Å²) in [7, 11) is 1.60. The van der Waals surface area contributed by atoms with Crippen molar-refractivity contribution in [3.8, 4) is 5.75 Å². The second-order valence-electron chi connectivity index (χ2n) is 7.84. The minimum Gasteiger partial charge on any atom is -0.497 e. The van der Waals surface area contributed by atoms with Crippen molar-refractivity contribution in [2.75, 3.05) is 12.4 Å². The number of allylic oxidation sites excluding steroid dienone is 1. The zero-order valence-electron chi connectivity index (χ0n) is 18.2. The lowest BCUT2D eigenvalue weighted by Gasteiger charge is -2.30. The number of carbonyl (C=O) groups excluding carboxylic acids is 1. The van der Waals surface area contributed by atoms with Crippen molar-refractivity contribution in [2.24, 2.45) is 0 Å². The first-order valence-electron chi connectivity index (χ1n) is 10.6. The Balaban J connectivity index is 1.53. The standard InChI is InChI=1S/C26H22FN3O3/c1-16-23(25(31)33-15-17-7-13-20(32-2)14-8-17)24(18-9-11-19(27)12-10-18)30-22-6-4-3-5-21(22)29-26(30)28-16/h3-14,24H,15H2,1-2H3,(H,28,29). The van der Waals surface area contributed by atoms with Crippen LogP contribution in [-0.4, -0.2) is 22.6 Å². The first-order valence-corrected chi connectivity index (χ1v) is 10.6. The molecule has 1 N–H and O–H groups in total. The molecule has 0 radical (unpaired) electrons. The van der Waals surface area contributed by atoms with Crippen LogP contribution in [-0.2, 0) is 16.1 Å². The van der Waals surface area contributed by atoms with E-state index >= 15 is 0 Å². The third kappa shape index (κ3) is 3.82. The molecule has 0 saturated carbocycles. The van der Waals surface area contributed by atoms with Crippen LogP contribution in [0.5, 0.6) is 5.75 Å². The summed E-state index contributed by atoms with van der Waals surface area (Å²) in [6, 6.07) is 20.7. The number of hydrogen-bond donors (Lipinski definition) is 1. The molecule has 6 nitrogen and oxygen atoms in total. The molecule has 0 fully saturated rings. The van der Waals surface area contributed by atoms with Crippen molar-refractivity contribution >= 4 is 23.0 Å². The first kappa shape index (κ1) is 20.8. The number of imidazole rings is 1. The average molecular weight is 443 g/mol. The molecular weight excluding hydrogens is 421 g/mol. The molecule has 4 aromatic rings. The smallest absolute Gasteiger partial charge is 0.338 e. The first-order chi connectivity index (χ1) is 16.0. The Labute approximate surface area is 190 Å². The topological polar surface area (TPSA) is 65.4 Å². The molecule has 3 aromatic carbocycles. The summed E-state index contributed by atoms with van der Waals surface area (Å²) in [5, 5.41) is 3.24. The van der Waals surface area contributed by atoms with Crippen molar-refractivity contribution in [3.63, 3.8) is 0 Å². The summed E-state index contributed by atoms with van der Waals surface area (Å²) in [5.74, 6) is 0.562. The van der Waals surface area contributed by atoms with Gasteiger partial charge in [0.25, 0.3) is 0 Å². The highest BCUT2D eigenvalue weighted by atomic mass is 19.1. The second kappa shape index (κ2) is 8.43. The van der Waals surface area contributed by atoms with Gasteiger partial charge in [0.15, 0.2) is 0 Å². The molecule has 0 saturated heterocycles. The summed E-state index contributed by atoms with van der Waals surface area (Å²) >= 11 is 0. The van der Waals surface area contributed by atoms with Crippen molar-refractivity contribution in [2.45, 2.75) is 19.6 Å². The van der Waals surface area contributed by atoms with Crippen molar-refractivity contribution in [1.82, 2.24) is 9.55 Å². The van der Waals surface area contributed by atoms with E-state index in [0.717, 1.165) is 27.9 Å². The highest BCUT2D eigenvalue weighted by Gasteiger charge is 2.35. The van der Waals surface area contributed by atoms with E-state index in [1.165, 1.54) is 12.1 Å². The van der Waals surface area contributed by atoms with Gasteiger partial charge in [0.2, 0.25) is 5.95 Å². The van der Waals surface area contributed by atoms with Gasteiger partial charge in [-0.05, 0) is 54.4 Å². The van der Waals surface area contributed by atoms with Crippen LogP contribution in [0.2, 0.25) is 0 Å². The third-order valence-electron chi connectivity index (χ3n) is 5.77. The number of ether oxygens (including phenoxy) is 2. The Hall–Kier alpha value is -4.13. The molecule has 2 heterocycles. The predicted molar refractivity (Wildman–Crippen MR) is 123 cm³/mol. The van der Waals surface area contributed by atoms with Gasteiger partial charge in [-0.25, -0.2) is 14.2 Å². The summed E-state index contributed by atoms with van der Waals surface area (Å²) in [5.41, 5.74) is 4.36. The molecule has 1 unspecified atom stereocenters. The van der Waals surface area contributed by atoms with Crippen LogP contribution in [0.1, 0.15) is 24.1 Å². The largest absolute Gasteiger partial charge is 0.497 e. The second-order valence-corrected chi connectivity index (χ2v) is 7.84. The van der Waals surface area contributed by atoms with Gasteiger partial charge in [-0.3, -0.25) is 4.57 Å². The van der Waals surface area contributed by atoms with Gasteiger partial charge in [-0.2, -0.15) is 0 Å². The Kier molecular flexibility index (Phi) is 5.30.